The average Bonchev–Trinajstić information content (AvgIpc) is 3.25. The second-order valence-corrected chi connectivity index (χ2v) is 7.63. The van der Waals surface area contributed by atoms with E-state index in [0.29, 0.717) is 48.0 Å². The van der Waals surface area contributed by atoms with Crippen LogP contribution in [0, 0.1) is 0 Å². The molecule has 3 aromatic rings. The van der Waals surface area contributed by atoms with E-state index in [0.717, 1.165) is 16.7 Å². The summed E-state index contributed by atoms with van der Waals surface area (Å²) in [4.78, 5) is 9.47. The Hall–Kier alpha value is -2.73. The fourth-order valence-electron chi connectivity index (χ4n) is 3.07. The Morgan fingerprint density at radius 1 is 0.867 bits per heavy atom. The summed E-state index contributed by atoms with van der Waals surface area (Å²) in [6.07, 6.45) is 1.44. The van der Waals surface area contributed by atoms with Gasteiger partial charge in [0.05, 0.1) is 6.54 Å². The molecule has 154 valence electrons. The molecule has 0 atom stereocenters. The molecule has 1 aliphatic heterocycles. The largest absolute Gasteiger partial charge is 0.485 e. The van der Waals surface area contributed by atoms with E-state index in [1.54, 1.807) is 5.06 Å². The summed E-state index contributed by atoms with van der Waals surface area (Å²) in [7, 11) is 0. The van der Waals surface area contributed by atoms with Crippen LogP contribution in [0.25, 0.3) is 0 Å². The molecule has 30 heavy (non-hydrogen) atoms. The number of nitrogens with zero attached hydrogens (tertiary/aromatic N) is 2. The first-order chi connectivity index (χ1) is 14.7. The van der Waals surface area contributed by atoms with E-state index in [4.69, 9.17) is 37.5 Å². The van der Waals surface area contributed by atoms with Gasteiger partial charge >= 0.3 is 0 Å². The SMILES string of the molecule is Clc1cccc(COc2cccc(CN3CN=CO3)c2OCc2cccc(Cl)c2)c1. The van der Waals surface area contributed by atoms with Crippen molar-refractivity contribution in [1.29, 1.82) is 0 Å². The van der Waals surface area contributed by atoms with E-state index in [1.807, 2.05) is 66.7 Å². The van der Waals surface area contributed by atoms with Gasteiger partial charge in [-0.2, -0.15) is 0 Å². The van der Waals surface area contributed by atoms with Crippen molar-refractivity contribution in [2.45, 2.75) is 19.8 Å². The van der Waals surface area contributed by atoms with Crippen molar-refractivity contribution in [2.75, 3.05) is 6.67 Å². The molecule has 0 unspecified atom stereocenters. The van der Waals surface area contributed by atoms with Crippen LogP contribution in [0.15, 0.2) is 71.7 Å². The topological polar surface area (TPSA) is 43.3 Å². The lowest BCUT2D eigenvalue weighted by atomic mass is 10.1. The van der Waals surface area contributed by atoms with Crippen LogP contribution in [-0.2, 0) is 24.6 Å². The molecule has 0 aromatic heterocycles. The number of hydrogen-bond donors (Lipinski definition) is 0. The Kier molecular flexibility index (Phi) is 6.74. The molecule has 0 aliphatic carbocycles. The predicted octanol–water partition coefficient (Wildman–Crippen LogP) is 5.88. The van der Waals surface area contributed by atoms with Crippen molar-refractivity contribution < 1.29 is 14.3 Å². The van der Waals surface area contributed by atoms with Gasteiger partial charge in [-0.05, 0) is 41.5 Å². The van der Waals surface area contributed by atoms with Crippen molar-refractivity contribution in [1.82, 2.24) is 5.06 Å². The zero-order valence-corrected chi connectivity index (χ0v) is 17.6. The maximum atomic E-state index is 6.20. The third-order valence-corrected chi connectivity index (χ3v) is 4.94. The van der Waals surface area contributed by atoms with Crippen molar-refractivity contribution >= 4 is 29.6 Å². The summed E-state index contributed by atoms with van der Waals surface area (Å²) >= 11 is 12.2. The number of benzene rings is 3. The first-order valence-corrected chi connectivity index (χ1v) is 10.2. The van der Waals surface area contributed by atoms with E-state index in [-0.39, 0.29) is 0 Å². The first-order valence-electron chi connectivity index (χ1n) is 9.44. The quantitative estimate of drug-likeness (QED) is 0.436. The number of halogens is 2. The number of ether oxygens (including phenoxy) is 2. The molecule has 0 spiro atoms. The minimum absolute atomic E-state index is 0.364. The van der Waals surface area contributed by atoms with Gasteiger partial charge in [0.25, 0.3) is 0 Å². The van der Waals surface area contributed by atoms with Gasteiger partial charge in [-0.1, -0.05) is 59.6 Å². The molecule has 0 saturated carbocycles. The fraction of sp³-hybridized carbons (Fsp3) is 0.174. The molecule has 0 bridgehead atoms. The van der Waals surface area contributed by atoms with Gasteiger partial charge in [-0.3, -0.25) is 0 Å². The van der Waals surface area contributed by atoms with Gasteiger partial charge in [0.1, 0.15) is 19.9 Å². The van der Waals surface area contributed by atoms with Crippen molar-refractivity contribution in [3.8, 4) is 11.5 Å². The summed E-state index contributed by atoms with van der Waals surface area (Å²) in [5, 5.41) is 3.08. The molecule has 5 nitrogen and oxygen atoms in total. The maximum Gasteiger partial charge on any atom is 0.198 e. The molecule has 0 fully saturated rings. The maximum absolute atomic E-state index is 6.20. The lowest BCUT2D eigenvalue weighted by Crippen LogP contribution is -2.18. The molecule has 4 rings (SSSR count). The van der Waals surface area contributed by atoms with Gasteiger partial charge in [-0.15, -0.1) is 5.06 Å². The fourth-order valence-corrected chi connectivity index (χ4v) is 3.49. The zero-order valence-electron chi connectivity index (χ0n) is 16.1. The zero-order chi connectivity index (χ0) is 20.8. The second kappa shape index (κ2) is 9.85. The smallest absolute Gasteiger partial charge is 0.198 e. The number of hydrogen-bond acceptors (Lipinski definition) is 5. The molecule has 1 heterocycles. The Balaban J connectivity index is 1.55. The molecule has 0 radical (unpaired) electrons. The van der Waals surface area contributed by atoms with Crippen LogP contribution in [0.2, 0.25) is 10.0 Å². The van der Waals surface area contributed by atoms with Crippen molar-refractivity contribution in [3.05, 3.63) is 93.5 Å². The van der Waals surface area contributed by atoms with Crippen LogP contribution in [0.5, 0.6) is 11.5 Å². The molecule has 0 saturated heterocycles. The highest BCUT2D eigenvalue weighted by molar-refractivity contribution is 6.30. The number of aliphatic imine (C=N–C) groups is 1. The molecule has 7 heteroatoms. The highest BCUT2D eigenvalue weighted by atomic mass is 35.5. The predicted molar refractivity (Wildman–Crippen MR) is 118 cm³/mol. The Labute approximate surface area is 185 Å². The van der Waals surface area contributed by atoms with Gasteiger partial charge in [-0.25, -0.2) is 4.99 Å². The summed E-state index contributed by atoms with van der Waals surface area (Å²) < 4.78 is 12.3. The van der Waals surface area contributed by atoms with Crippen LogP contribution in [0.3, 0.4) is 0 Å². The van der Waals surface area contributed by atoms with Gasteiger partial charge < -0.3 is 14.3 Å². The minimum Gasteiger partial charge on any atom is -0.485 e. The second-order valence-electron chi connectivity index (χ2n) is 6.76. The van der Waals surface area contributed by atoms with E-state index in [9.17, 15) is 0 Å². The van der Waals surface area contributed by atoms with Crippen LogP contribution < -0.4 is 9.47 Å². The highest BCUT2D eigenvalue weighted by Crippen LogP contribution is 2.34. The van der Waals surface area contributed by atoms with Crippen molar-refractivity contribution in [2.24, 2.45) is 4.99 Å². The van der Waals surface area contributed by atoms with Gasteiger partial charge in [0, 0.05) is 15.6 Å². The van der Waals surface area contributed by atoms with Crippen LogP contribution >= 0.6 is 23.2 Å². The number of rotatable bonds is 8. The Bertz CT molecular complexity index is 1030. The Morgan fingerprint density at radius 3 is 2.17 bits per heavy atom. The third kappa shape index (κ3) is 5.45. The molecule has 0 amide bonds. The normalized spacial score (nSPS) is 13.3. The minimum atomic E-state index is 0.364. The van der Waals surface area contributed by atoms with E-state index in [2.05, 4.69) is 4.99 Å². The van der Waals surface area contributed by atoms with Crippen LogP contribution in [0.1, 0.15) is 16.7 Å². The molecule has 3 aromatic carbocycles. The van der Waals surface area contributed by atoms with Crippen LogP contribution in [0.4, 0.5) is 0 Å². The third-order valence-electron chi connectivity index (χ3n) is 4.47. The lowest BCUT2D eigenvalue weighted by Gasteiger charge is -2.19. The molecule has 0 N–H and O–H groups in total. The first kappa shape index (κ1) is 20.5. The van der Waals surface area contributed by atoms with Gasteiger partial charge in [0.15, 0.2) is 17.9 Å². The standard InChI is InChI=1S/C23H20Cl2N2O3/c24-20-7-1-4-17(10-20)13-28-22-9-3-6-19(12-27-15-26-16-30-27)23(22)29-14-18-5-2-8-21(25)11-18/h1-11,16H,12-15H2. The summed E-state index contributed by atoms with van der Waals surface area (Å²) in [5.74, 6) is 1.31. The number of para-hydroxylation sites is 1. The van der Waals surface area contributed by atoms with E-state index < -0.39 is 0 Å². The summed E-state index contributed by atoms with van der Waals surface area (Å²) in [6, 6.07) is 21.0. The molecule has 1 aliphatic rings. The summed E-state index contributed by atoms with van der Waals surface area (Å²) in [6.45, 7) is 1.73. The lowest BCUT2D eigenvalue weighted by molar-refractivity contribution is -0.0525. The monoisotopic (exact) mass is 442 g/mol. The van der Waals surface area contributed by atoms with Crippen LogP contribution in [-0.4, -0.2) is 18.1 Å². The molecular weight excluding hydrogens is 423 g/mol. The number of hydroxylamine groups is 2. The van der Waals surface area contributed by atoms with E-state index >= 15 is 0 Å². The Morgan fingerprint density at radius 2 is 1.53 bits per heavy atom. The van der Waals surface area contributed by atoms with Crippen molar-refractivity contribution in [3.63, 3.8) is 0 Å². The van der Waals surface area contributed by atoms with Gasteiger partial charge in [0.2, 0.25) is 0 Å². The average molecular weight is 443 g/mol. The summed E-state index contributed by atoms with van der Waals surface area (Å²) in [5.41, 5.74) is 2.88. The highest BCUT2D eigenvalue weighted by Gasteiger charge is 2.17. The van der Waals surface area contributed by atoms with E-state index in [1.165, 1.54) is 6.40 Å². The molecular formula is C23H20Cl2N2O3.